The molecule has 5 unspecified atom stereocenters. The summed E-state index contributed by atoms with van der Waals surface area (Å²) in [5, 5.41) is 3.32. The van der Waals surface area contributed by atoms with Crippen LogP contribution in [0.3, 0.4) is 0 Å². The monoisotopic (exact) mass is 413 g/mol. The summed E-state index contributed by atoms with van der Waals surface area (Å²) in [6.45, 7) is 2.86. The molecule has 1 aromatic rings. The number of ether oxygens (including phenoxy) is 3. The zero-order valence-electron chi connectivity index (χ0n) is 17.1. The molecule has 1 aromatic carbocycles. The lowest BCUT2D eigenvalue weighted by Crippen LogP contribution is -2.52. The minimum atomic E-state index is -0.906. The fourth-order valence-electron chi connectivity index (χ4n) is 6.17. The molecule has 0 amide bonds. The molecule has 4 bridgehead atoms. The van der Waals surface area contributed by atoms with Gasteiger partial charge in [-0.05, 0) is 31.5 Å². The number of nitrogens with one attached hydrogen (secondary N) is 1. The summed E-state index contributed by atoms with van der Waals surface area (Å²) in [6, 6.07) is 9.81. The Morgan fingerprint density at radius 1 is 1.10 bits per heavy atom. The third-order valence-electron chi connectivity index (χ3n) is 7.44. The Labute approximate surface area is 175 Å². The summed E-state index contributed by atoms with van der Waals surface area (Å²) in [5.74, 6) is -2.42. The molecule has 2 saturated heterocycles. The molecule has 2 aliphatic carbocycles. The van der Waals surface area contributed by atoms with Crippen LogP contribution in [0, 0.1) is 17.8 Å². The Hall–Kier alpha value is -2.41. The highest BCUT2D eigenvalue weighted by atomic mass is 16.6. The molecule has 1 N–H and O–H groups in total. The predicted molar refractivity (Wildman–Crippen MR) is 105 cm³/mol. The standard InChI is InChI=1S/C23H27NO6/c1-14(25)29-23-8-7-16-18(21(27)28-19(16)23)17(13-23)20(26)30-22(9-11-24-12-10-22)15-5-3-2-4-6-15/h2-6,16-19,24H,7-13H2,1H3. The summed E-state index contributed by atoms with van der Waals surface area (Å²) in [4.78, 5) is 38.0. The second-order valence-corrected chi connectivity index (χ2v) is 9.09. The first-order valence-corrected chi connectivity index (χ1v) is 10.8. The first-order chi connectivity index (χ1) is 14.4. The van der Waals surface area contributed by atoms with Crippen LogP contribution in [0.15, 0.2) is 30.3 Å². The molecule has 30 heavy (non-hydrogen) atoms. The number of rotatable bonds is 4. The normalized spacial score (nSPS) is 36.1. The van der Waals surface area contributed by atoms with Crippen LogP contribution in [0.1, 0.15) is 44.6 Å². The zero-order chi connectivity index (χ0) is 20.9. The van der Waals surface area contributed by atoms with E-state index in [1.807, 2.05) is 30.3 Å². The van der Waals surface area contributed by atoms with Gasteiger partial charge < -0.3 is 19.5 Å². The van der Waals surface area contributed by atoms with E-state index in [2.05, 4.69) is 5.32 Å². The van der Waals surface area contributed by atoms with Gasteiger partial charge in [-0.25, -0.2) is 0 Å². The van der Waals surface area contributed by atoms with Crippen molar-refractivity contribution in [3.63, 3.8) is 0 Å². The van der Waals surface area contributed by atoms with Crippen molar-refractivity contribution >= 4 is 17.9 Å². The number of esters is 3. The Kier molecular flexibility index (Phi) is 4.61. The first-order valence-electron chi connectivity index (χ1n) is 10.8. The Balaban J connectivity index is 1.45. The van der Waals surface area contributed by atoms with Crippen LogP contribution in [0.25, 0.3) is 0 Å². The van der Waals surface area contributed by atoms with Crippen LogP contribution >= 0.6 is 0 Å². The van der Waals surface area contributed by atoms with Gasteiger partial charge in [0.15, 0.2) is 0 Å². The third-order valence-corrected chi connectivity index (χ3v) is 7.44. The van der Waals surface area contributed by atoms with Gasteiger partial charge in [-0.1, -0.05) is 30.3 Å². The van der Waals surface area contributed by atoms with Gasteiger partial charge in [-0.3, -0.25) is 14.4 Å². The van der Waals surface area contributed by atoms with Crippen LogP contribution in [0.2, 0.25) is 0 Å². The van der Waals surface area contributed by atoms with Gasteiger partial charge in [0.2, 0.25) is 0 Å². The summed E-state index contributed by atoms with van der Waals surface area (Å²) in [7, 11) is 0. The molecule has 0 aromatic heterocycles. The Morgan fingerprint density at radius 3 is 2.53 bits per heavy atom. The number of benzene rings is 1. The third kappa shape index (κ3) is 2.94. The largest absolute Gasteiger partial charge is 0.458 e. The summed E-state index contributed by atoms with van der Waals surface area (Å²) in [6.07, 6.45) is 2.52. The minimum absolute atomic E-state index is 0.0937. The highest BCUT2D eigenvalue weighted by Crippen LogP contribution is 2.58. The smallest absolute Gasteiger partial charge is 0.310 e. The van der Waals surface area contributed by atoms with Gasteiger partial charge >= 0.3 is 17.9 Å². The molecule has 5 atom stereocenters. The van der Waals surface area contributed by atoms with Crippen molar-refractivity contribution in [3.8, 4) is 0 Å². The number of carbonyl (C=O) groups is 3. The molecule has 7 heteroatoms. The quantitative estimate of drug-likeness (QED) is 0.597. The van der Waals surface area contributed by atoms with E-state index in [1.54, 1.807) is 0 Å². The van der Waals surface area contributed by atoms with Gasteiger partial charge in [-0.15, -0.1) is 0 Å². The maximum Gasteiger partial charge on any atom is 0.310 e. The van der Waals surface area contributed by atoms with Crippen molar-refractivity contribution in [2.75, 3.05) is 13.1 Å². The number of hydrogen-bond donors (Lipinski definition) is 1. The molecule has 7 nitrogen and oxygen atoms in total. The van der Waals surface area contributed by atoms with E-state index >= 15 is 0 Å². The van der Waals surface area contributed by atoms with Gasteiger partial charge in [0.1, 0.15) is 17.3 Å². The maximum absolute atomic E-state index is 13.5. The molecule has 2 saturated carbocycles. The van der Waals surface area contributed by atoms with Gasteiger partial charge in [0, 0.05) is 32.1 Å². The van der Waals surface area contributed by atoms with E-state index in [-0.39, 0.29) is 24.3 Å². The zero-order valence-corrected chi connectivity index (χ0v) is 17.1. The fraction of sp³-hybridized carbons (Fsp3) is 0.609. The topological polar surface area (TPSA) is 90.9 Å². The highest BCUT2D eigenvalue weighted by Gasteiger charge is 2.69. The van der Waals surface area contributed by atoms with Crippen LogP contribution in [-0.4, -0.2) is 42.7 Å². The second kappa shape index (κ2) is 7.08. The molecule has 160 valence electrons. The lowest BCUT2D eigenvalue weighted by Gasteiger charge is -2.42. The van der Waals surface area contributed by atoms with Crippen LogP contribution < -0.4 is 5.32 Å². The van der Waals surface area contributed by atoms with E-state index in [1.165, 1.54) is 6.92 Å². The van der Waals surface area contributed by atoms with E-state index < -0.39 is 35.1 Å². The molecule has 0 radical (unpaired) electrons. The maximum atomic E-state index is 13.5. The highest BCUT2D eigenvalue weighted by molar-refractivity contribution is 5.85. The van der Waals surface area contributed by atoms with Gasteiger partial charge in [-0.2, -0.15) is 0 Å². The molecular weight excluding hydrogens is 386 g/mol. The molecule has 0 spiro atoms. The molecular formula is C23H27NO6. The van der Waals surface area contributed by atoms with Crippen molar-refractivity contribution in [2.45, 2.75) is 56.3 Å². The fourth-order valence-corrected chi connectivity index (χ4v) is 6.17. The Morgan fingerprint density at radius 2 is 1.83 bits per heavy atom. The van der Waals surface area contributed by atoms with E-state index in [9.17, 15) is 14.4 Å². The van der Waals surface area contributed by atoms with E-state index in [4.69, 9.17) is 14.2 Å². The second-order valence-electron chi connectivity index (χ2n) is 9.09. The predicted octanol–water partition coefficient (Wildman–Crippen LogP) is 2.08. The Bertz CT molecular complexity index is 864. The van der Waals surface area contributed by atoms with Crippen molar-refractivity contribution in [2.24, 2.45) is 17.8 Å². The lowest BCUT2D eigenvalue weighted by molar-refractivity contribution is -0.186. The van der Waals surface area contributed by atoms with Gasteiger partial charge in [0.05, 0.1) is 11.8 Å². The lowest BCUT2D eigenvalue weighted by atomic mass is 9.70. The van der Waals surface area contributed by atoms with Crippen LogP contribution in [-0.2, 0) is 34.2 Å². The van der Waals surface area contributed by atoms with E-state index in [0.29, 0.717) is 25.7 Å². The van der Waals surface area contributed by atoms with Crippen molar-refractivity contribution < 1.29 is 28.6 Å². The summed E-state index contributed by atoms with van der Waals surface area (Å²) >= 11 is 0. The minimum Gasteiger partial charge on any atom is -0.458 e. The molecule has 2 heterocycles. The summed E-state index contributed by atoms with van der Waals surface area (Å²) in [5.41, 5.74) is -0.645. The number of hydrogen-bond acceptors (Lipinski definition) is 7. The molecule has 5 rings (SSSR count). The number of piperidine rings is 1. The molecule has 4 aliphatic rings. The van der Waals surface area contributed by atoms with E-state index in [0.717, 1.165) is 18.7 Å². The average Bonchev–Trinajstić information content (AvgIpc) is 3.12. The molecule has 2 aliphatic heterocycles. The average molecular weight is 413 g/mol. The SMILES string of the molecule is CC(=O)OC12CCC3C(C(=O)OC31)C(C(=O)OC1(c3ccccc3)CCNCC1)C2. The molecule has 4 fully saturated rings. The first kappa shape index (κ1) is 19.5. The van der Waals surface area contributed by atoms with Crippen molar-refractivity contribution in [1.82, 2.24) is 5.32 Å². The van der Waals surface area contributed by atoms with Crippen molar-refractivity contribution in [3.05, 3.63) is 35.9 Å². The summed E-state index contributed by atoms with van der Waals surface area (Å²) < 4.78 is 17.6. The van der Waals surface area contributed by atoms with Crippen LogP contribution in [0.4, 0.5) is 0 Å². The number of carbonyl (C=O) groups excluding carboxylic acids is 3. The van der Waals surface area contributed by atoms with Gasteiger partial charge in [0.25, 0.3) is 0 Å². The van der Waals surface area contributed by atoms with Crippen molar-refractivity contribution in [1.29, 1.82) is 0 Å². The van der Waals surface area contributed by atoms with Crippen LogP contribution in [0.5, 0.6) is 0 Å².